The van der Waals surface area contributed by atoms with Crippen molar-refractivity contribution in [3.8, 4) is 0 Å². The van der Waals surface area contributed by atoms with Crippen LogP contribution in [0.4, 0.5) is 11.5 Å². The number of ether oxygens (including phenoxy) is 1. The second-order valence-electron chi connectivity index (χ2n) is 8.81. The summed E-state index contributed by atoms with van der Waals surface area (Å²) < 4.78 is 8.07. The minimum atomic E-state index is -1.05. The molecule has 8 N–H and O–H groups in total. The number of nitrogens with two attached hydrogens (primary N) is 1. The van der Waals surface area contributed by atoms with Crippen LogP contribution in [-0.2, 0) is 4.74 Å². The number of nitrogens with one attached hydrogen (secondary N) is 4. The molecular formula is C25H32N10O4S. The number of nitrogen functional groups attached to an aromatic ring is 1. The van der Waals surface area contributed by atoms with Crippen molar-refractivity contribution in [2.75, 3.05) is 24.3 Å². The number of hydrogen-bond donors (Lipinski definition) is 7. The number of imidazole rings is 2. The van der Waals surface area contributed by atoms with Crippen LogP contribution >= 0.6 is 12.2 Å². The Kier molecular flexibility index (Phi) is 8.89. The maximum Gasteiger partial charge on any atom is 0.275 e. The molecule has 0 bridgehead atoms. The molecule has 4 aromatic rings. The summed E-state index contributed by atoms with van der Waals surface area (Å²) >= 11 is 5.07. The summed E-state index contributed by atoms with van der Waals surface area (Å²) in [6, 6.07) is 3.62. The summed E-state index contributed by atoms with van der Waals surface area (Å²) in [4.78, 5) is 33.6. The summed E-state index contributed by atoms with van der Waals surface area (Å²) in [5, 5.41) is 26.6. The second-order valence-corrected chi connectivity index (χ2v) is 9.25. The Hall–Kier alpha value is -4.18. The van der Waals surface area contributed by atoms with E-state index in [1.54, 1.807) is 23.2 Å². The lowest BCUT2D eigenvalue weighted by atomic mass is 10.1. The minimum Gasteiger partial charge on any atom is -0.397 e. The molecule has 4 atom stereocenters. The fraction of sp³-hybridized carbons (Fsp3) is 0.360. The van der Waals surface area contributed by atoms with Crippen LogP contribution in [0, 0.1) is 4.51 Å². The van der Waals surface area contributed by atoms with E-state index < -0.39 is 24.5 Å². The number of aromatic nitrogens is 6. The van der Waals surface area contributed by atoms with Gasteiger partial charge in [-0.3, -0.25) is 14.4 Å². The van der Waals surface area contributed by atoms with Gasteiger partial charge in [-0.05, 0) is 18.6 Å². The van der Waals surface area contributed by atoms with Gasteiger partial charge in [-0.1, -0.05) is 32.6 Å². The van der Waals surface area contributed by atoms with Crippen LogP contribution in [0.25, 0.3) is 17.2 Å². The molecule has 40 heavy (non-hydrogen) atoms. The first-order valence-electron chi connectivity index (χ1n) is 12.3. The SMILES string of the molecule is C.CC[C@H]1OC(n2cnc3c2NCNC3=O)[C@H](O)[C@@H]1O.Nc1ccnc2nc[nH]c12.S=c1cc[nH]c2c1=CCN=2. The second kappa shape index (κ2) is 12.3. The first-order chi connectivity index (χ1) is 18.9. The Balaban J connectivity index is 0.000000149. The van der Waals surface area contributed by atoms with Crippen LogP contribution in [0.2, 0.25) is 0 Å². The highest BCUT2D eigenvalue weighted by Crippen LogP contribution is 2.34. The third kappa shape index (κ3) is 5.58. The van der Waals surface area contributed by atoms with Crippen molar-refractivity contribution >= 4 is 46.9 Å². The van der Waals surface area contributed by atoms with Gasteiger partial charge in [0.15, 0.2) is 17.6 Å². The Labute approximate surface area is 234 Å². The third-order valence-corrected chi connectivity index (χ3v) is 6.76. The topological polar surface area (TPSA) is 204 Å². The zero-order valence-corrected chi connectivity index (χ0v) is 21.7. The van der Waals surface area contributed by atoms with E-state index in [9.17, 15) is 15.0 Å². The molecule has 0 radical (unpaired) electrons. The molecule has 0 aromatic carbocycles. The Morgan fingerprint density at radius 1 is 1.18 bits per heavy atom. The van der Waals surface area contributed by atoms with Crippen LogP contribution in [-0.4, -0.2) is 77.1 Å². The fourth-order valence-corrected chi connectivity index (χ4v) is 4.64. The molecule has 7 rings (SSSR count). The number of carbonyl (C=O) groups excluding carboxylic acids is 1. The zero-order valence-electron chi connectivity index (χ0n) is 20.9. The van der Waals surface area contributed by atoms with Gasteiger partial charge in [-0.2, -0.15) is 0 Å². The fourth-order valence-electron chi connectivity index (χ4n) is 4.39. The molecule has 1 fully saturated rings. The molecule has 14 nitrogen and oxygen atoms in total. The molecule has 0 aliphatic carbocycles. The Bertz CT molecular complexity index is 1670. The number of H-pyrrole nitrogens is 2. The molecule has 0 saturated carbocycles. The Morgan fingerprint density at radius 2 is 2.00 bits per heavy atom. The van der Waals surface area contributed by atoms with Crippen molar-refractivity contribution < 1.29 is 19.7 Å². The summed E-state index contributed by atoms with van der Waals surface area (Å²) in [6.45, 7) is 2.93. The number of pyridine rings is 2. The molecular weight excluding hydrogens is 536 g/mol. The van der Waals surface area contributed by atoms with Gasteiger partial charge >= 0.3 is 0 Å². The highest BCUT2D eigenvalue weighted by Gasteiger charge is 2.44. The quantitative estimate of drug-likeness (QED) is 0.165. The molecule has 15 heteroatoms. The number of anilines is 2. The number of amides is 1. The van der Waals surface area contributed by atoms with Gasteiger partial charge in [0.25, 0.3) is 5.91 Å². The van der Waals surface area contributed by atoms with Crippen LogP contribution in [0.3, 0.4) is 0 Å². The maximum atomic E-state index is 11.6. The van der Waals surface area contributed by atoms with Gasteiger partial charge in [0, 0.05) is 22.1 Å². The number of aliphatic hydroxyl groups is 2. The molecule has 1 amide bonds. The average Bonchev–Trinajstić information content (AvgIpc) is 3.73. The molecule has 212 valence electrons. The number of aromatic amines is 2. The van der Waals surface area contributed by atoms with E-state index in [0.29, 0.717) is 30.2 Å². The summed E-state index contributed by atoms with van der Waals surface area (Å²) in [6.07, 6.45) is 5.95. The monoisotopic (exact) mass is 568 g/mol. The first kappa shape index (κ1) is 28.8. The van der Waals surface area contributed by atoms with Crippen molar-refractivity contribution in [2.24, 2.45) is 4.99 Å². The standard InChI is InChI=1S/C11H16N4O4.C7H6N2S.C6H6N4.CH4/c1-2-5-7(16)8(17)11(19-5)15-4-14-6-9(15)12-3-13-10(6)18;10-6-2-4-9-7-5(6)1-3-8-7;7-4-1-2-8-6-5(4)9-3-10-6;/h4-5,7-8,11-12,16-17H,2-3H2,1H3,(H,13,18);1-2,4H,3H2,(H,8,9);1-3H,(H3,7,8,9,10);1H4/t5-,7-,8-,11?;;;/m1.../s1. The molecule has 1 unspecified atom stereocenters. The van der Waals surface area contributed by atoms with Crippen molar-refractivity contribution in [3.05, 3.63) is 58.1 Å². The highest BCUT2D eigenvalue weighted by atomic mass is 32.1. The van der Waals surface area contributed by atoms with Crippen LogP contribution < -0.4 is 27.1 Å². The lowest BCUT2D eigenvalue weighted by Crippen LogP contribution is -2.36. The van der Waals surface area contributed by atoms with Crippen molar-refractivity contribution in [1.82, 2.24) is 34.8 Å². The summed E-state index contributed by atoms with van der Waals surface area (Å²) in [5.74, 6) is 0.226. The predicted molar refractivity (Wildman–Crippen MR) is 151 cm³/mol. The van der Waals surface area contributed by atoms with Gasteiger partial charge in [-0.15, -0.1) is 0 Å². The van der Waals surface area contributed by atoms with Crippen molar-refractivity contribution in [3.63, 3.8) is 0 Å². The molecule has 3 aliphatic rings. The number of nitrogens with zero attached hydrogens (tertiary/aromatic N) is 5. The van der Waals surface area contributed by atoms with Crippen LogP contribution in [0.15, 0.2) is 42.2 Å². The molecule has 7 heterocycles. The predicted octanol–water partition coefficient (Wildman–Crippen LogP) is 0.359. The third-order valence-electron chi connectivity index (χ3n) is 6.41. The minimum absolute atomic E-state index is 0. The number of aliphatic hydroxyl groups excluding tert-OH is 2. The van der Waals surface area contributed by atoms with Gasteiger partial charge in [-0.25, -0.2) is 15.0 Å². The van der Waals surface area contributed by atoms with E-state index in [1.807, 2.05) is 25.3 Å². The molecule has 3 aliphatic heterocycles. The van der Waals surface area contributed by atoms with Gasteiger partial charge in [0.1, 0.15) is 29.0 Å². The lowest BCUT2D eigenvalue weighted by molar-refractivity contribution is -0.0365. The summed E-state index contributed by atoms with van der Waals surface area (Å²) in [7, 11) is 0. The molecule has 4 aromatic heterocycles. The van der Waals surface area contributed by atoms with Crippen molar-refractivity contribution in [2.45, 2.75) is 45.3 Å². The van der Waals surface area contributed by atoms with E-state index in [-0.39, 0.29) is 19.0 Å². The largest absolute Gasteiger partial charge is 0.397 e. The van der Waals surface area contributed by atoms with Crippen LogP contribution in [0.5, 0.6) is 0 Å². The number of hydrogen-bond acceptors (Lipinski definition) is 11. The normalized spacial score (nSPS) is 22.0. The van der Waals surface area contributed by atoms with E-state index in [0.717, 1.165) is 27.3 Å². The maximum absolute atomic E-state index is 11.6. The van der Waals surface area contributed by atoms with Gasteiger partial charge in [0.2, 0.25) is 0 Å². The first-order valence-corrected chi connectivity index (χ1v) is 12.7. The molecule has 0 spiro atoms. The highest BCUT2D eigenvalue weighted by molar-refractivity contribution is 7.71. The van der Waals surface area contributed by atoms with E-state index in [2.05, 4.69) is 40.5 Å². The van der Waals surface area contributed by atoms with E-state index in [1.165, 1.54) is 6.33 Å². The Morgan fingerprint density at radius 3 is 2.73 bits per heavy atom. The summed E-state index contributed by atoms with van der Waals surface area (Å²) in [5.41, 5.74) is 8.93. The molecule has 1 saturated heterocycles. The van der Waals surface area contributed by atoms with Crippen LogP contribution in [0.1, 0.15) is 37.5 Å². The van der Waals surface area contributed by atoms with Gasteiger partial charge in [0.05, 0.1) is 37.7 Å². The lowest BCUT2D eigenvalue weighted by Gasteiger charge is -2.22. The van der Waals surface area contributed by atoms with Gasteiger partial charge < -0.3 is 41.3 Å². The van der Waals surface area contributed by atoms with E-state index in [4.69, 9.17) is 22.7 Å². The van der Waals surface area contributed by atoms with Crippen molar-refractivity contribution in [1.29, 1.82) is 0 Å². The van der Waals surface area contributed by atoms with E-state index >= 15 is 0 Å². The zero-order chi connectivity index (χ0) is 27.5. The average molecular weight is 569 g/mol. The number of fused-ring (bicyclic) bond motifs is 3. The number of rotatable bonds is 2. The smallest absolute Gasteiger partial charge is 0.275 e. The number of carbonyl (C=O) groups is 1.